The number of carbonyl (C=O) groups is 1. The second kappa shape index (κ2) is 4.83. The molecule has 0 spiro atoms. The molecule has 0 aromatic rings. The van der Waals surface area contributed by atoms with Crippen LogP contribution in [-0.4, -0.2) is 41.4 Å². The first-order chi connectivity index (χ1) is 7.24. The van der Waals surface area contributed by atoms with E-state index in [4.69, 9.17) is 4.74 Å². The molecule has 0 aromatic heterocycles. The molecule has 2 heterocycles. The number of nitrogens with zero attached hydrogens (tertiary/aromatic N) is 1. The van der Waals surface area contributed by atoms with Crippen LogP contribution in [0.3, 0.4) is 0 Å². The van der Waals surface area contributed by atoms with E-state index >= 15 is 0 Å². The Balaban J connectivity index is 2.00. The van der Waals surface area contributed by atoms with E-state index < -0.39 is 0 Å². The van der Waals surface area contributed by atoms with Gasteiger partial charge in [-0.25, -0.2) is 0 Å². The summed E-state index contributed by atoms with van der Waals surface area (Å²) in [6.07, 6.45) is 2.89. The maximum atomic E-state index is 12.1. The third-order valence-electron chi connectivity index (χ3n) is 3.53. The summed E-state index contributed by atoms with van der Waals surface area (Å²) < 4.78 is 5.45. The molecule has 3 nitrogen and oxygen atoms in total. The fraction of sp³-hybridized carbons (Fsp3) is 0.909. The number of amides is 1. The Morgan fingerprint density at radius 1 is 1.53 bits per heavy atom. The van der Waals surface area contributed by atoms with Crippen LogP contribution in [0.4, 0.5) is 0 Å². The minimum Gasteiger partial charge on any atom is -0.368 e. The summed E-state index contributed by atoms with van der Waals surface area (Å²) in [6.45, 7) is 3.86. The molecule has 3 unspecified atom stereocenters. The first-order valence-corrected chi connectivity index (χ1v) is 6.84. The molecule has 2 fully saturated rings. The summed E-state index contributed by atoms with van der Waals surface area (Å²) in [4.78, 5) is 14.2. The number of rotatable bonds is 2. The topological polar surface area (TPSA) is 29.5 Å². The molecule has 0 aliphatic carbocycles. The summed E-state index contributed by atoms with van der Waals surface area (Å²) in [5, 5.41) is 0.882. The fourth-order valence-electron chi connectivity index (χ4n) is 2.47. The van der Waals surface area contributed by atoms with Crippen molar-refractivity contribution in [2.45, 2.75) is 38.3 Å². The molecule has 2 saturated heterocycles. The zero-order valence-corrected chi connectivity index (χ0v) is 10.7. The fourth-order valence-corrected chi connectivity index (χ4v) is 3.46. The van der Waals surface area contributed by atoms with Gasteiger partial charge in [0.25, 0.3) is 5.91 Å². The highest BCUT2D eigenvalue weighted by molar-refractivity contribution is 9.09. The van der Waals surface area contributed by atoms with Crippen LogP contribution in [-0.2, 0) is 9.53 Å². The lowest BCUT2D eigenvalue weighted by atomic mass is 10.0. The minimum atomic E-state index is -0.156. The molecule has 86 valence electrons. The molecule has 2 rings (SSSR count). The molecule has 2 aliphatic rings. The number of ether oxygens (including phenoxy) is 1. The predicted octanol–water partition coefficient (Wildman–Crippen LogP) is 1.80. The van der Waals surface area contributed by atoms with Crippen LogP contribution in [0.1, 0.15) is 26.2 Å². The predicted molar refractivity (Wildman–Crippen MR) is 62.1 cm³/mol. The standard InChI is InChI=1S/C11H18BrNO2/c1-8-4-5-13(9(8)7-12)11(14)10-3-2-6-15-10/h8-10H,2-7H2,1H3. The molecule has 1 amide bonds. The summed E-state index contributed by atoms with van der Waals surface area (Å²) in [7, 11) is 0. The lowest BCUT2D eigenvalue weighted by Gasteiger charge is -2.27. The Kier molecular flexibility index (Phi) is 3.67. The lowest BCUT2D eigenvalue weighted by Crippen LogP contribution is -2.44. The van der Waals surface area contributed by atoms with Crippen LogP contribution in [0.5, 0.6) is 0 Å². The largest absolute Gasteiger partial charge is 0.368 e. The van der Waals surface area contributed by atoms with Gasteiger partial charge in [0.05, 0.1) is 0 Å². The van der Waals surface area contributed by atoms with Gasteiger partial charge in [-0.2, -0.15) is 0 Å². The van der Waals surface area contributed by atoms with Crippen molar-refractivity contribution in [1.29, 1.82) is 0 Å². The summed E-state index contributed by atoms with van der Waals surface area (Å²) in [5.74, 6) is 0.816. The van der Waals surface area contributed by atoms with Crippen molar-refractivity contribution in [3.05, 3.63) is 0 Å². The van der Waals surface area contributed by atoms with Crippen LogP contribution in [0.15, 0.2) is 0 Å². The SMILES string of the molecule is CC1CCN(C(=O)C2CCCO2)C1CBr. The zero-order chi connectivity index (χ0) is 10.8. The molecule has 3 atom stereocenters. The molecule has 0 radical (unpaired) electrons. The molecule has 4 heteroatoms. The molecule has 0 N–H and O–H groups in total. The molecular weight excluding hydrogens is 258 g/mol. The summed E-state index contributed by atoms with van der Waals surface area (Å²) in [6, 6.07) is 0.363. The van der Waals surface area contributed by atoms with E-state index in [0.717, 1.165) is 37.7 Å². The van der Waals surface area contributed by atoms with Gasteiger partial charge in [-0.1, -0.05) is 22.9 Å². The van der Waals surface area contributed by atoms with E-state index in [1.165, 1.54) is 0 Å². The normalized spacial score (nSPS) is 36.1. The highest BCUT2D eigenvalue weighted by Gasteiger charge is 2.37. The average molecular weight is 276 g/mol. The van der Waals surface area contributed by atoms with Gasteiger partial charge in [-0.15, -0.1) is 0 Å². The van der Waals surface area contributed by atoms with Gasteiger partial charge in [-0.3, -0.25) is 4.79 Å². The number of hydrogen-bond acceptors (Lipinski definition) is 2. The van der Waals surface area contributed by atoms with Crippen molar-refractivity contribution >= 4 is 21.8 Å². The lowest BCUT2D eigenvalue weighted by molar-refractivity contribution is -0.141. The molecular formula is C11H18BrNO2. The second-order valence-electron chi connectivity index (χ2n) is 4.52. The molecule has 0 aromatic carbocycles. The van der Waals surface area contributed by atoms with Crippen LogP contribution >= 0.6 is 15.9 Å². The van der Waals surface area contributed by atoms with Gasteiger partial charge in [-0.05, 0) is 25.2 Å². The van der Waals surface area contributed by atoms with Gasteiger partial charge in [0.2, 0.25) is 0 Å². The second-order valence-corrected chi connectivity index (χ2v) is 5.17. The van der Waals surface area contributed by atoms with Gasteiger partial charge in [0, 0.05) is 24.5 Å². The van der Waals surface area contributed by atoms with Crippen LogP contribution in [0, 0.1) is 5.92 Å². The first-order valence-electron chi connectivity index (χ1n) is 5.72. The number of hydrogen-bond donors (Lipinski definition) is 0. The monoisotopic (exact) mass is 275 g/mol. The summed E-state index contributed by atoms with van der Waals surface area (Å²) in [5.41, 5.74) is 0. The van der Waals surface area contributed by atoms with Crippen LogP contribution in [0.25, 0.3) is 0 Å². The van der Waals surface area contributed by atoms with E-state index in [0.29, 0.717) is 12.0 Å². The average Bonchev–Trinajstić information content (AvgIpc) is 2.85. The van der Waals surface area contributed by atoms with Crippen molar-refractivity contribution in [3.8, 4) is 0 Å². The highest BCUT2D eigenvalue weighted by atomic mass is 79.9. The Labute approximate surface area is 99.3 Å². The van der Waals surface area contributed by atoms with Gasteiger partial charge in [0.15, 0.2) is 0 Å². The van der Waals surface area contributed by atoms with Gasteiger partial charge in [0.1, 0.15) is 6.10 Å². The van der Waals surface area contributed by atoms with Crippen molar-refractivity contribution in [2.75, 3.05) is 18.5 Å². The Bertz CT molecular complexity index is 241. The molecule has 0 saturated carbocycles. The summed E-state index contributed by atoms with van der Waals surface area (Å²) >= 11 is 3.50. The molecule has 2 aliphatic heterocycles. The Morgan fingerprint density at radius 3 is 2.93 bits per heavy atom. The van der Waals surface area contributed by atoms with Crippen LogP contribution in [0.2, 0.25) is 0 Å². The van der Waals surface area contributed by atoms with Gasteiger partial charge >= 0.3 is 0 Å². The minimum absolute atomic E-state index is 0.156. The van der Waals surface area contributed by atoms with Gasteiger partial charge < -0.3 is 9.64 Å². The Hall–Kier alpha value is -0.0900. The number of carbonyl (C=O) groups excluding carboxylic acids is 1. The van der Waals surface area contributed by atoms with Crippen molar-refractivity contribution in [2.24, 2.45) is 5.92 Å². The van der Waals surface area contributed by atoms with Crippen molar-refractivity contribution in [3.63, 3.8) is 0 Å². The highest BCUT2D eigenvalue weighted by Crippen LogP contribution is 2.27. The van der Waals surface area contributed by atoms with E-state index in [1.807, 2.05) is 4.90 Å². The van der Waals surface area contributed by atoms with E-state index in [-0.39, 0.29) is 12.0 Å². The smallest absolute Gasteiger partial charge is 0.251 e. The maximum Gasteiger partial charge on any atom is 0.251 e. The number of halogens is 1. The molecule has 15 heavy (non-hydrogen) atoms. The first kappa shape index (κ1) is 11.4. The van der Waals surface area contributed by atoms with E-state index in [1.54, 1.807) is 0 Å². The van der Waals surface area contributed by atoms with Crippen molar-refractivity contribution < 1.29 is 9.53 Å². The zero-order valence-electron chi connectivity index (χ0n) is 9.12. The quantitative estimate of drug-likeness (QED) is 0.720. The third-order valence-corrected chi connectivity index (χ3v) is 4.19. The third kappa shape index (κ3) is 2.21. The van der Waals surface area contributed by atoms with Crippen LogP contribution < -0.4 is 0 Å². The molecule has 0 bridgehead atoms. The van der Waals surface area contributed by atoms with E-state index in [9.17, 15) is 4.79 Å². The Morgan fingerprint density at radius 2 is 2.33 bits per heavy atom. The number of likely N-dealkylation sites (tertiary alicyclic amines) is 1. The number of alkyl halides is 1. The van der Waals surface area contributed by atoms with E-state index in [2.05, 4.69) is 22.9 Å². The van der Waals surface area contributed by atoms with Crippen molar-refractivity contribution in [1.82, 2.24) is 4.90 Å². The maximum absolute atomic E-state index is 12.1.